The van der Waals surface area contributed by atoms with Gasteiger partial charge in [0.05, 0.1) is 18.8 Å². The molecule has 0 spiro atoms. The zero-order valence-electron chi connectivity index (χ0n) is 14.7. The summed E-state index contributed by atoms with van der Waals surface area (Å²) in [7, 11) is 3.86. The molecule has 0 radical (unpaired) electrons. The molecule has 1 unspecified atom stereocenters. The number of hydrogen-bond acceptors (Lipinski definition) is 4. The molecule has 2 saturated heterocycles. The van der Waals surface area contributed by atoms with Gasteiger partial charge in [0.15, 0.2) is 0 Å². The van der Waals surface area contributed by atoms with Gasteiger partial charge in [0.2, 0.25) is 0 Å². The second kappa shape index (κ2) is 7.30. The van der Waals surface area contributed by atoms with Crippen LogP contribution in [0.5, 0.6) is 5.75 Å². The van der Waals surface area contributed by atoms with Crippen LogP contribution in [0.25, 0.3) is 0 Å². The van der Waals surface area contributed by atoms with E-state index in [0.717, 1.165) is 69.0 Å². The number of ether oxygens (including phenoxy) is 1. The number of methoxy groups -OCH3 is 1. The van der Waals surface area contributed by atoms with E-state index in [1.807, 2.05) is 6.07 Å². The fourth-order valence-corrected chi connectivity index (χ4v) is 3.75. The number of nitrogens with two attached hydrogens (primary N) is 1. The Balaban J connectivity index is 1.89. The number of hydrogen-bond donors (Lipinski definition) is 1. The van der Waals surface area contributed by atoms with Crippen molar-refractivity contribution in [3.05, 3.63) is 23.8 Å². The first-order valence-electron chi connectivity index (χ1n) is 8.77. The fourth-order valence-electron chi connectivity index (χ4n) is 3.75. The van der Waals surface area contributed by atoms with Crippen LogP contribution in [0.15, 0.2) is 18.2 Å². The summed E-state index contributed by atoms with van der Waals surface area (Å²) in [5.41, 5.74) is 7.87. The number of piperidine rings is 1. The van der Waals surface area contributed by atoms with Crippen LogP contribution in [0.3, 0.4) is 0 Å². The lowest BCUT2D eigenvalue weighted by Gasteiger charge is -2.37. The third-order valence-corrected chi connectivity index (χ3v) is 5.22. The third kappa shape index (κ3) is 3.43. The lowest BCUT2D eigenvalue weighted by molar-refractivity contribution is 0.160. The smallest absolute Gasteiger partial charge is 0.315 e. The van der Waals surface area contributed by atoms with E-state index in [1.54, 1.807) is 12.0 Å². The van der Waals surface area contributed by atoms with Crippen molar-refractivity contribution >= 4 is 11.7 Å². The van der Waals surface area contributed by atoms with Gasteiger partial charge in [0, 0.05) is 32.7 Å². The number of rotatable bonds is 3. The van der Waals surface area contributed by atoms with Crippen LogP contribution in [-0.4, -0.2) is 62.7 Å². The number of anilines is 1. The highest BCUT2D eigenvalue weighted by atomic mass is 16.5. The number of piperazine rings is 1. The van der Waals surface area contributed by atoms with Crippen molar-refractivity contribution in [2.45, 2.75) is 25.3 Å². The molecule has 3 rings (SSSR count). The average Bonchev–Trinajstić information content (AvgIpc) is 2.62. The first-order valence-corrected chi connectivity index (χ1v) is 8.77. The highest BCUT2D eigenvalue weighted by molar-refractivity contribution is 5.73. The molecule has 1 aromatic rings. The predicted molar refractivity (Wildman–Crippen MR) is 95.6 cm³/mol. The summed E-state index contributed by atoms with van der Waals surface area (Å²) < 4.78 is 5.58. The number of amides is 2. The topological polar surface area (TPSA) is 62.0 Å². The van der Waals surface area contributed by atoms with Gasteiger partial charge in [-0.2, -0.15) is 0 Å². The maximum absolute atomic E-state index is 11.8. The molecule has 2 aliphatic rings. The second-order valence-corrected chi connectivity index (χ2v) is 6.76. The van der Waals surface area contributed by atoms with Gasteiger partial charge in [-0.3, -0.25) is 0 Å². The van der Waals surface area contributed by atoms with Gasteiger partial charge in [-0.05, 0) is 44.0 Å². The van der Waals surface area contributed by atoms with Crippen LogP contribution >= 0.6 is 0 Å². The van der Waals surface area contributed by atoms with Gasteiger partial charge in [-0.15, -0.1) is 0 Å². The maximum atomic E-state index is 11.8. The monoisotopic (exact) mass is 332 g/mol. The fraction of sp³-hybridized carbons (Fsp3) is 0.611. The van der Waals surface area contributed by atoms with Crippen LogP contribution < -0.4 is 15.4 Å². The van der Waals surface area contributed by atoms with E-state index in [-0.39, 0.29) is 12.1 Å². The number of urea groups is 1. The molecule has 2 heterocycles. The zero-order chi connectivity index (χ0) is 17.1. The van der Waals surface area contributed by atoms with E-state index in [9.17, 15) is 4.79 Å². The predicted octanol–water partition coefficient (Wildman–Crippen LogP) is 2.05. The SMILES string of the molecule is COc1ccc(C2CCCCN2C(N)=O)cc1N1CCN(C)CC1. The second-order valence-electron chi connectivity index (χ2n) is 6.76. The molecule has 0 bridgehead atoms. The molecule has 0 saturated carbocycles. The van der Waals surface area contributed by atoms with Gasteiger partial charge in [-0.25, -0.2) is 4.79 Å². The van der Waals surface area contributed by atoms with E-state index in [0.29, 0.717) is 0 Å². The molecule has 6 nitrogen and oxygen atoms in total. The summed E-state index contributed by atoms with van der Waals surface area (Å²) >= 11 is 0. The lowest BCUT2D eigenvalue weighted by Crippen LogP contribution is -2.45. The van der Waals surface area contributed by atoms with Crippen LogP contribution in [0.2, 0.25) is 0 Å². The molecule has 132 valence electrons. The molecular weight excluding hydrogens is 304 g/mol. The van der Waals surface area contributed by atoms with E-state index < -0.39 is 0 Å². The summed E-state index contributed by atoms with van der Waals surface area (Å²) in [6.07, 6.45) is 3.13. The average molecular weight is 332 g/mol. The Morgan fingerprint density at radius 2 is 1.92 bits per heavy atom. The van der Waals surface area contributed by atoms with E-state index in [1.165, 1.54) is 0 Å². The van der Waals surface area contributed by atoms with Crippen LogP contribution in [0.1, 0.15) is 30.9 Å². The summed E-state index contributed by atoms with van der Waals surface area (Å²) in [6, 6.07) is 6.04. The van der Waals surface area contributed by atoms with Gasteiger partial charge < -0.3 is 25.2 Å². The molecule has 2 fully saturated rings. The van der Waals surface area contributed by atoms with Gasteiger partial charge in [-0.1, -0.05) is 6.07 Å². The summed E-state index contributed by atoms with van der Waals surface area (Å²) in [6.45, 7) is 4.81. The van der Waals surface area contributed by atoms with E-state index in [2.05, 4.69) is 29.0 Å². The minimum atomic E-state index is -0.323. The highest BCUT2D eigenvalue weighted by Crippen LogP contribution is 2.36. The van der Waals surface area contributed by atoms with Crippen molar-refractivity contribution < 1.29 is 9.53 Å². The number of benzene rings is 1. The van der Waals surface area contributed by atoms with E-state index >= 15 is 0 Å². The van der Waals surface area contributed by atoms with Crippen molar-refractivity contribution in [1.29, 1.82) is 0 Å². The Bertz CT molecular complexity index is 584. The van der Waals surface area contributed by atoms with Crippen LogP contribution in [-0.2, 0) is 0 Å². The Morgan fingerprint density at radius 3 is 2.58 bits per heavy atom. The van der Waals surface area contributed by atoms with Crippen LogP contribution in [0.4, 0.5) is 10.5 Å². The van der Waals surface area contributed by atoms with Crippen molar-refractivity contribution in [1.82, 2.24) is 9.80 Å². The Kier molecular flexibility index (Phi) is 5.14. The molecule has 2 amide bonds. The lowest BCUT2D eigenvalue weighted by atomic mass is 9.94. The molecule has 6 heteroatoms. The van der Waals surface area contributed by atoms with Gasteiger partial charge >= 0.3 is 6.03 Å². The maximum Gasteiger partial charge on any atom is 0.315 e. The Morgan fingerprint density at radius 1 is 1.17 bits per heavy atom. The standard InChI is InChI=1S/C18H28N4O2/c1-20-9-11-21(12-10-20)16-13-14(6-7-17(16)24-2)15-5-3-4-8-22(15)18(19)23/h6-7,13,15H,3-5,8-12H2,1-2H3,(H2,19,23). The molecule has 0 aromatic heterocycles. The number of carbonyl (C=O) groups excluding carboxylic acids is 1. The number of likely N-dealkylation sites (tertiary alicyclic amines) is 1. The quantitative estimate of drug-likeness (QED) is 0.920. The highest BCUT2D eigenvalue weighted by Gasteiger charge is 2.28. The van der Waals surface area contributed by atoms with Crippen molar-refractivity contribution in [3.63, 3.8) is 0 Å². The van der Waals surface area contributed by atoms with Crippen molar-refractivity contribution in [3.8, 4) is 5.75 Å². The van der Waals surface area contributed by atoms with Crippen molar-refractivity contribution in [2.24, 2.45) is 5.73 Å². The molecule has 2 aliphatic heterocycles. The number of carbonyl (C=O) groups is 1. The normalized spacial score (nSPS) is 22.5. The molecule has 1 aromatic carbocycles. The van der Waals surface area contributed by atoms with E-state index in [4.69, 9.17) is 10.5 Å². The largest absolute Gasteiger partial charge is 0.495 e. The minimum absolute atomic E-state index is 0.0772. The minimum Gasteiger partial charge on any atom is -0.495 e. The molecule has 2 N–H and O–H groups in total. The summed E-state index contributed by atoms with van der Waals surface area (Å²) in [5.74, 6) is 0.893. The summed E-state index contributed by atoms with van der Waals surface area (Å²) in [4.78, 5) is 18.3. The van der Waals surface area contributed by atoms with Gasteiger partial charge in [0.1, 0.15) is 5.75 Å². The zero-order valence-corrected chi connectivity index (χ0v) is 14.7. The molecule has 0 aliphatic carbocycles. The number of likely N-dealkylation sites (N-methyl/N-ethyl adjacent to an activating group) is 1. The molecular formula is C18H28N4O2. The van der Waals surface area contributed by atoms with Crippen molar-refractivity contribution in [2.75, 3.05) is 51.8 Å². The molecule has 24 heavy (non-hydrogen) atoms. The third-order valence-electron chi connectivity index (χ3n) is 5.22. The van der Waals surface area contributed by atoms with Crippen LogP contribution in [0, 0.1) is 0 Å². The Labute approximate surface area is 144 Å². The molecule has 1 atom stereocenters. The summed E-state index contributed by atoms with van der Waals surface area (Å²) in [5, 5.41) is 0. The number of primary amides is 1. The first-order chi connectivity index (χ1) is 11.6. The van der Waals surface area contributed by atoms with Gasteiger partial charge in [0.25, 0.3) is 0 Å². The number of nitrogens with zero attached hydrogens (tertiary/aromatic N) is 3. The Hall–Kier alpha value is -1.95. The first kappa shape index (κ1) is 16.9.